The number of phenols is 1. The fourth-order valence-electron chi connectivity index (χ4n) is 1.38. The van der Waals surface area contributed by atoms with Crippen LogP contribution in [-0.2, 0) is 11.2 Å². The summed E-state index contributed by atoms with van der Waals surface area (Å²) in [6.45, 7) is 0.737. The molecule has 0 unspecified atom stereocenters. The Hall–Kier alpha value is -1.55. The molecule has 0 radical (unpaired) electrons. The molecule has 3 N–H and O–H groups in total. The first-order valence-corrected chi connectivity index (χ1v) is 5.38. The molecule has 0 fully saturated rings. The number of carbonyl (C=O) groups excluding carboxylic acids is 1. The number of rotatable bonds is 6. The second-order valence-corrected chi connectivity index (χ2v) is 3.63. The van der Waals surface area contributed by atoms with Crippen molar-refractivity contribution in [3.63, 3.8) is 0 Å². The average molecular weight is 223 g/mol. The smallest absolute Gasteiger partial charge is 0.224 e. The summed E-state index contributed by atoms with van der Waals surface area (Å²) in [7, 11) is 0. The van der Waals surface area contributed by atoms with Crippen molar-refractivity contribution in [1.82, 2.24) is 5.32 Å². The fraction of sp³-hybridized carbons (Fsp3) is 0.417. The van der Waals surface area contributed by atoms with Gasteiger partial charge >= 0.3 is 0 Å². The van der Waals surface area contributed by atoms with Gasteiger partial charge in [0.2, 0.25) is 5.91 Å². The van der Waals surface area contributed by atoms with E-state index in [-0.39, 0.29) is 24.7 Å². The topological polar surface area (TPSA) is 69.6 Å². The second kappa shape index (κ2) is 6.85. The monoisotopic (exact) mass is 223 g/mol. The van der Waals surface area contributed by atoms with Crippen LogP contribution in [0.25, 0.3) is 0 Å². The number of carbonyl (C=O) groups is 1. The molecule has 1 rings (SSSR count). The van der Waals surface area contributed by atoms with E-state index in [0.717, 1.165) is 12.0 Å². The van der Waals surface area contributed by atoms with Crippen LogP contribution < -0.4 is 5.32 Å². The van der Waals surface area contributed by atoms with E-state index >= 15 is 0 Å². The minimum Gasteiger partial charge on any atom is -0.508 e. The van der Waals surface area contributed by atoms with Gasteiger partial charge in [-0.3, -0.25) is 4.79 Å². The highest BCUT2D eigenvalue weighted by atomic mass is 16.3. The highest BCUT2D eigenvalue weighted by Crippen LogP contribution is 2.11. The summed E-state index contributed by atoms with van der Waals surface area (Å²) in [5, 5.41) is 20.5. The van der Waals surface area contributed by atoms with Gasteiger partial charge in [0.1, 0.15) is 5.75 Å². The predicted molar refractivity (Wildman–Crippen MR) is 61.1 cm³/mol. The van der Waals surface area contributed by atoms with Gasteiger partial charge in [0, 0.05) is 13.2 Å². The van der Waals surface area contributed by atoms with Gasteiger partial charge in [-0.1, -0.05) is 12.1 Å². The van der Waals surface area contributed by atoms with Gasteiger partial charge in [0.05, 0.1) is 6.42 Å². The zero-order valence-corrected chi connectivity index (χ0v) is 9.15. The SMILES string of the molecule is O=C(Cc1cccc(O)c1)NCCCCO. The van der Waals surface area contributed by atoms with Crippen LogP contribution in [0.5, 0.6) is 5.75 Å². The molecule has 0 heterocycles. The fourth-order valence-corrected chi connectivity index (χ4v) is 1.38. The quantitative estimate of drug-likeness (QED) is 0.625. The minimum atomic E-state index is -0.0662. The Balaban J connectivity index is 2.29. The molecule has 0 saturated heterocycles. The van der Waals surface area contributed by atoms with Gasteiger partial charge in [-0.15, -0.1) is 0 Å². The summed E-state index contributed by atoms with van der Waals surface area (Å²) in [6.07, 6.45) is 1.75. The second-order valence-electron chi connectivity index (χ2n) is 3.63. The molecule has 0 aromatic heterocycles. The van der Waals surface area contributed by atoms with Crippen molar-refractivity contribution in [3.8, 4) is 5.75 Å². The van der Waals surface area contributed by atoms with Crippen LogP contribution in [0.15, 0.2) is 24.3 Å². The molecule has 1 aromatic rings. The molecular formula is C12H17NO3. The van der Waals surface area contributed by atoms with Crippen LogP contribution in [-0.4, -0.2) is 29.3 Å². The maximum absolute atomic E-state index is 11.4. The van der Waals surface area contributed by atoms with Crippen LogP contribution in [0.4, 0.5) is 0 Å². The Morgan fingerprint density at radius 3 is 2.81 bits per heavy atom. The summed E-state index contributed by atoms with van der Waals surface area (Å²) >= 11 is 0. The lowest BCUT2D eigenvalue weighted by atomic mass is 10.1. The molecule has 16 heavy (non-hydrogen) atoms. The average Bonchev–Trinajstić information content (AvgIpc) is 2.24. The number of aliphatic hydroxyl groups is 1. The van der Waals surface area contributed by atoms with Crippen molar-refractivity contribution in [2.45, 2.75) is 19.3 Å². The number of hydrogen-bond donors (Lipinski definition) is 3. The van der Waals surface area contributed by atoms with E-state index in [2.05, 4.69) is 5.32 Å². The van der Waals surface area contributed by atoms with Gasteiger partial charge in [-0.25, -0.2) is 0 Å². The highest BCUT2D eigenvalue weighted by molar-refractivity contribution is 5.78. The Labute approximate surface area is 94.9 Å². The van der Waals surface area contributed by atoms with Crippen molar-refractivity contribution < 1.29 is 15.0 Å². The maximum Gasteiger partial charge on any atom is 0.224 e. The summed E-state index contributed by atoms with van der Waals surface area (Å²) in [5.74, 6) is 0.106. The number of amides is 1. The first kappa shape index (κ1) is 12.5. The maximum atomic E-state index is 11.4. The Kier molecular flexibility index (Phi) is 5.36. The van der Waals surface area contributed by atoms with Crippen molar-refractivity contribution in [2.75, 3.05) is 13.2 Å². The molecule has 1 amide bonds. The number of phenolic OH excluding ortho intramolecular Hbond substituents is 1. The largest absolute Gasteiger partial charge is 0.508 e. The van der Waals surface area contributed by atoms with E-state index < -0.39 is 0 Å². The molecule has 0 saturated carbocycles. The lowest BCUT2D eigenvalue weighted by Gasteiger charge is -2.04. The van der Waals surface area contributed by atoms with Crippen LogP contribution >= 0.6 is 0 Å². The van der Waals surface area contributed by atoms with Crippen LogP contribution in [0.3, 0.4) is 0 Å². The van der Waals surface area contributed by atoms with E-state index in [9.17, 15) is 9.90 Å². The van der Waals surface area contributed by atoms with E-state index in [4.69, 9.17) is 5.11 Å². The molecule has 0 spiro atoms. The summed E-state index contributed by atoms with van der Waals surface area (Å²) in [5.41, 5.74) is 0.791. The normalized spacial score (nSPS) is 10.1. The minimum absolute atomic E-state index is 0.0662. The standard InChI is InChI=1S/C12H17NO3/c14-7-2-1-6-13-12(16)9-10-4-3-5-11(15)8-10/h3-5,8,14-15H,1-2,6-7,9H2,(H,13,16). The van der Waals surface area contributed by atoms with Gasteiger partial charge in [-0.05, 0) is 30.5 Å². The molecular weight excluding hydrogens is 206 g/mol. The molecule has 88 valence electrons. The lowest BCUT2D eigenvalue weighted by Crippen LogP contribution is -2.26. The number of aromatic hydroxyl groups is 1. The molecule has 4 heteroatoms. The number of unbranched alkanes of at least 4 members (excludes halogenated alkanes) is 1. The van der Waals surface area contributed by atoms with E-state index in [1.807, 2.05) is 0 Å². The highest BCUT2D eigenvalue weighted by Gasteiger charge is 2.02. The van der Waals surface area contributed by atoms with E-state index in [1.165, 1.54) is 0 Å². The summed E-state index contributed by atoms with van der Waals surface area (Å²) < 4.78 is 0. The number of benzene rings is 1. The van der Waals surface area contributed by atoms with Gasteiger partial charge < -0.3 is 15.5 Å². The number of hydrogen-bond acceptors (Lipinski definition) is 3. The molecule has 0 aliphatic heterocycles. The zero-order chi connectivity index (χ0) is 11.8. The summed E-state index contributed by atoms with van der Waals surface area (Å²) in [4.78, 5) is 11.4. The van der Waals surface area contributed by atoms with Crippen molar-refractivity contribution in [3.05, 3.63) is 29.8 Å². The summed E-state index contributed by atoms with van der Waals surface area (Å²) in [6, 6.07) is 6.66. The molecule has 0 bridgehead atoms. The number of aliphatic hydroxyl groups excluding tert-OH is 1. The number of nitrogens with one attached hydrogen (secondary N) is 1. The molecule has 4 nitrogen and oxygen atoms in total. The zero-order valence-electron chi connectivity index (χ0n) is 9.15. The molecule has 1 aromatic carbocycles. The molecule has 0 aliphatic rings. The van der Waals surface area contributed by atoms with Gasteiger partial charge in [-0.2, -0.15) is 0 Å². The van der Waals surface area contributed by atoms with Gasteiger partial charge in [0.15, 0.2) is 0 Å². The van der Waals surface area contributed by atoms with Gasteiger partial charge in [0.25, 0.3) is 0 Å². The first-order chi connectivity index (χ1) is 7.72. The lowest BCUT2D eigenvalue weighted by molar-refractivity contribution is -0.120. The van der Waals surface area contributed by atoms with Crippen LogP contribution in [0.2, 0.25) is 0 Å². The van der Waals surface area contributed by atoms with Crippen molar-refractivity contribution in [1.29, 1.82) is 0 Å². The Morgan fingerprint density at radius 2 is 2.12 bits per heavy atom. The van der Waals surface area contributed by atoms with E-state index in [1.54, 1.807) is 24.3 Å². The first-order valence-electron chi connectivity index (χ1n) is 5.38. The predicted octanol–water partition coefficient (Wildman–Crippen LogP) is 0.823. The Morgan fingerprint density at radius 1 is 1.31 bits per heavy atom. The Bertz CT molecular complexity index is 339. The van der Waals surface area contributed by atoms with Crippen molar-refractivity contribution >= 4 is 5.91 Å². The van der Waals surface area contributed by atoms with E-state index in [0.29, 0.717) is 13.0 Å². The third-order valence-corrected chi connectivity index (χ3v) is 2.18. The van der Waals surface area contributed by atoms with Crippen LogP contribution in [0, 0.1) is 0 Å². The molecule has 0 aliphatic carbocycles. The molecule has 0 atom stereocenters. The third kappa shape index (κ3) is 4.79. The van der Waals surface area contributed by atoms with Crippen LogP contribution in [0.1, 0.15) is 18.4 Å². The third-order valence-electron chi connectivity index (χ3n) is 2.18. The van der Waals surface area contributed by atoms with Crippen molar-refractivity contribution in [2.24, 2.45) is 0 Å².